The molecule has 0 aliphatic carbocycles. The molecule has 3 nitrogen and oxygen atoms in total. The highest BCUT2D eigenvalue weighted by Gasteiger charge is 2.08. The Hall–Kier alpha value is -1.84. The van der Waals surface area contributed by atoms with Crippen LogP contribution in [0, 0.1) is 0 Å². The zero-order valence-corrected chi connectivity index (χ0v) is 10.2. The van der Waals surface area contributed by atoms with E-state index in [1.54, 1.807) is 31.2 Å². The Kier molecular flexibility index (Phi) is 3.97. The molecule has 2 N–H and O–H groups in total. The Labute approximate surface area is 106 Å². The van der Waals surface area contributed by atoms with Gasteiger partial charge in [-0.2, -0.15) is 0 Å². The van der Waals surface area contributed by atoms with Gasteiger partial charge in [0.15, 0.2) is 0 Å². The van der Waals surface area contributed by atoms with Crippen molar-refractivity contribution in [3.05, 3.63) is 59.7 Å². The van der Waals surface area contributed by atoms with Crippen molar-refractivity contribution in [3.8, 4) is 11.5 Å². The second kappa shape index (κ2) is 5.67. The molecule has 94 valence electrons. The van der Waals surface area contributed by atoms with Gasteiger partial charge in [0, 0.05) is 5.56 Å². The van der Waals surface area contributed by atoms with Gasteiger partial charge in [-0.05, 0) is 30.7 Å². The third kappa shape index (κ3) is 2.88. The van der Waals surface area contributed by atoms with Crippen LogP contribution in [-0.4, -0.2) is 10.2 Å². The molecule has 1 unspecified atom stereocenters. The highest BCUT2D eigenvalue weighted by molar-refractivity contribution is 5.39. The number of hydrogen-bond donors (Lipinski definition) is 2. The van der Waals surface area contributed by atoms with Crippen molar-refractivity contribution in [2.45, 2.75) is 19.6 Å². The molecular weight excluding hydrogens is 228 g/mol. The highest BCUT2D eigenvalue weighted by atomic mass is 16.5. The molecule has 3 heteroatoms. The smallest absolute Gasteiger partial charge is 0.133 e. The Bertz CT molecular complexity index is 503. The molecule has 0 spiro atoms. The van der Waals surface area contributed by atoms with E-state index in [2.05, 4.69) is 0 Å². The van der Waals surface area contributed by atoms with Crippen LogP contribution in [-0.2, 0) is 6.61 Å². The molecule has 0 aliphatic heterocycles. The van der Waals surface area contributed by atoms with Crippen LogP contribution in [0.4, 0.5) is 0 Å². The van der Waals surface area contributed by atoms with E-state index in [1.807, 2.05) is 24.3 Å². The molecule has 1 atom stereocenters. The number of benzene rings is 2. The minimum Gasteiger partial charge on any atom is -0.457 e. The van der Waals surface area contributed by atoms with E-state index < -0.39 is 6.10 Å². The van der Waals surface area contributed by atoms with E-state index in [0.29, 0.717) is 11.5 Å². The maximum Gasteiger partial charge on any atom is 0.133 e. The van der Waals surface area contributed by atoms with E-state index in [4.69, 9.17) is 9.84 Å². The van der Waals surface area contributed by atoms with Gasteiger partial charge in [0.2, 0.25) is 0 Å². The molecule has 0 bridgehead atoms. The second-order valence-corrected chi connectivity index (χ2v) is 4.12. The van der Waals surface area contributed by atoms with Gasteiger partial charge < -0.3 is 14.9 Å². The first kappa shape index (κ1) is 12.6. The zero-order valence-electron chi connectivity index (χ0n) is 10.2. The van der Waals surface area contributed by atoms with E-state index in [0.717, 1.165) is 11.1 Å². The average Bonchev–Trinajstić information content (AvgIpc) is 2.40. The first-order chi connectivity index (χ1) is 8.70. The fraction of sp³-hybridized carbons (Fsp3) is 0.200. The van der Waals surface area contributed by atoms with Crippen LogP contribution < -0.4 is 4.74 Å². The predicted molar refractivity (Wildman–Crippen MR) is 69.5 cm³/mol. The summed E-state index contributed by atoms with van der Waals surface area (Å²) in [5.74, 6) is 1.32. The van der Waals surface area contributed by atoms with E-state index >= 15 is 0 Å². The van der Waals surface area contributed by atoms with E-state index in [1.165, 1.54) is 0 Å². The van der Waals surface area contributed by atoms with Gasteiger partial charge in [-0.25, -0.2) is 0 Å². The monoisotopic (exact) mass is 244 g/mol. The summed E-state index contributed by atoms with van der Waals surface area (Å²) in [6.45, 7) is 1.72. The summed E-state index contributed by atoms with van der Waals surface area (Å²) in [6, 6.07) is 14.6. The van der Waals surface area contributed by atoms with Crippen molar-refractivity contribution < 1.29 is 14.9 Å². The molecule has 0 aromatic heterocycles. The molecule has 2 aromatic rings. The fourth-order valence-corrected chi connectivity index (χ4v) is 1.71. The van der Waals surface area contributed by atoms with Crippen molar-refractivity contribution in [2.24, 2.45) is 0 Å². The Morgan fingerprint density at radius 3 is 2.33 bits per heavy atom. The summed E-state index contributed by atoms with van der Waals surface area (Å²) in [5, 5.41) is 18.6. The molecule has 2 rings (SSSR count). The Balaban J connectivity index is 2.22. The van der Waals surface area contributed by atoms with Crippen molar-refractivity contribution >= 4 is 0 Å². The molecule has 0 amide bonds. The van der Waals surface area contributed by atoms with E-state index in [-0.39, 0.29) is 6.61 Å². The quantitative estimate of drug-likeness (QED) is 0.869. The predicted octanol–water partition coefficient (Wildman–Crippen LogP) is 3.02. The molecule has 0 aliphatic rings. The normalized spacial score (nSPS) is 12.2. The summed E-state index contributed by atoms with van der Waals surface area (Å²) < 4.78 is 5.73. The molecule has 0 saturated heterocycles. The third-order valence-electron chi connectivity index (χ3n) is 2.70. The van der Waals surface area contributed by atoms with Crippen molar-refractivity contribution in [3.63, 3.8) is 0 Å². The van der Waals surface area contributed by atoms with Crippen LogP contribution in [0.25, 0.3) is 0 Å². The molecule has 18 heavy (non-hydrogen) atoms. The number of rotatable bonds is 4. The van der Waals surface area contributed by atoms with Gasteiger partial charge in [-0.3, -0.25) is 0 Å². The fourth-order valence-electron chi connectivity index (χ4n) is 1.71. The molecule has 0 radical (unpaired) electrons. The number of para-hydroxylation sites is 1. The van der Waals surface area contributed by atoms with Crippen LogP contribution in [0.5, 0.6) is 11.5 Å². The molecule has 0 fully saturated rings. The van der Waals surface area contributed by atoms with Gasteiger partial charge in [0.05, 0.1) is 12.7 Å². The summed E-state index contributed by atoms with van der Waals surface area (Å²) in [7, 11) is 0. The highest BCUT2D eigenvalue weighted by Crippen LogP contribution is 2.29. The number of hydrogen-bond acceptors (Lipinski definition) is 3. The van der Waals surface area contributed by atoms with Crippen molar-refractivity contribution in [2.75, 3.05) is 0 Å². The summed E-state index contributed by atoms with van der Waals surface area (Å²) in [5.41, 5.74) is 1.59. The standard InChI is InChI=1S/C15H16O3/c1-11(17)14-4-2-3-5-15(14)18-13-8-6-12(10-16)7-9-13/h2-9,11,16-17H,10H2,1H3. The van der Waals surface area contributed by atoms with Gasteiger partial charge in [0.1, 0.15) is 11.5 Å². The largest absolute Gasteiger partial charge is 0.457 e. The molecular formula is C15H16O3. The number of aliphatic hydroxyl groups excluding tert-OH is 2. The SMILES string of the molecule is CC(O)c1ccccc1Oc1ccc(CO)cc1. The Morgan fingerprint density at radius 1 is 1.06 bits per heavy atom. The topological polar surface area (TPSA) is 49.7 Å². The minimum absolute atomic E-state index is 0.0184. The number of ether oxygens (including phenoxy) is 1. The van der Waals surface area contributed by atoms with Gasteiger partial charge in [-0.15, -0.1) is 0 Å². The van der Waals surface area contributed by atoms with Crippen LogP contribution in [0.2, 0.25) is 0 Å². The van der Waals surface area contributed by atoms with Gasteiger partial charge in [-0.1, -0.05) is 30.3 Å². The lowest BCUT2D eigenvalue weighted by Crippen LogP contribution is -1.95. The lowest BCUT2D eigenvalue weighted by Gasteiger charge is -2.13. The lowest BCUT2D eigenvalue weighted by molar-refractivity contribution is 0.195. The van der Waals surface area contributed by atoms with Crippen LogP contribution in [0.3, 0.4) is 0 Å². The lowest BCUT2D eigenvalue weighted by atomic mass is 10.1. The van der Waals surface area contributed by atoms with Gasteiger partial charge in [0.25, 0.3) is 0 Å². The van der Waals surface area contributed by atoms with Crippen LogP contribution >= 0.6 is 0 Å². The van der Waals surface area contributed by atoms with Crippen LogP contribution in [0.1, 0.15) is 24.2 Å². The maximum atomic E-state index is 9.65. The summed E-state index contributed by atoms with van der Waals surface area (Å²) in [6.07, 6.45) is -0.571. The van der Waals surface area contributed by atoms with Gasteiger partial charge >= 0.3 is 0 Å². The third-order valence-corrected chi connectivity index (χ3v) is 2.70. The zero-order chi connectivity index (χ0) is 13.0. The number of aliphatic hydroxyl groups is 2. The average molecular weight is 244 g/mol. The summed E-state index contributed by atoms with van der Waals surface area (Å²) in [4.78, 5) is 0. The molecule has 2 aromatic carbocycles. The minimum atomic E-state index is -0.571. The molecule has 0 saturated carbocycles. The summed E-state index contributed by atoms with van der Waals surface area (Å²) >= 11 is 0. The molecule has 0 heterocycles. The Morgan fingerprint density at radius 2 is 1.72 bits per heavy atom. The van der Waals surface area contributed by atoms with E-state index in [9.17, 15) is 5.11 Å². The first-order valence-electron chi connectivity index (χ1n) is 5.85. The van der Waals surface area contributed by atoms with Crippen molar-refractivity contribution in [1.82, 2.24) is 0 Å². The van der Waals surface area contributed by atoms with Crippen LogP contribution in [0.15, 0.2) is 48.5 Å². The second-order valence-electron chi connectivity index (χ2n) is 4.12. The first-order valence-corrected chi connectivity index (χ1v) is 5.85. The van der Waals surface area contributed by atoms with Crippen molar-refractivity contribution in [1.29, 1.82) is 0 Å². The maximum absolute atomic E-state index is 9.65.